The molecule has 1 aliphatic heterocycles. The standard InChI is InChI=1S/C14H17F3N4O.ClH/c1-9-5-4-6-10(14(15,16)17)11(9)20-13(22)21-12-18-7-2-3-8-19-12;/h4-6H,2-3,7-8H2,1H3,(H3,18,19,20,21,22);1H. The lowest BCUT2D eigenvalue weighted by atomic mass is 10.1. The van der Waals surface area contributed by atoms with E-state index < -0.39 is 17.8 Å². The molecule has 0 spiro atoms. The molecule has 128 valence electrons. The molecule has 23 heavy (non-hydrogen) atoms. The van der Waals surface area contributed by atoms with Crippen LogP contribution in [0.25, 0.3) is 0 Å². The average molecular weight is 351 g/mol. The molecule has 3 N–H and O–H groups in total. The highest BCUT2D eigenvalue weighted by atomic mass is 35.5. The van der Waals surface area contributed by atoms with Gasteiger partial charge in [-0.15, -0.1) is 12.4 Å². The summed E-state index contributed by atoms with van der Waals surface area (Å²) in [6, 6.07) is 2.99. The molecule has 5 nitrogen and oxygen atoms in total. The van der Waals surface area contributed by atoms with Crippen molar-refractivity contribution in [1.82, 2.24) is 10.6 Å². The van der Waals surface area contributed by atoms with Crippen LogP contribution in [-0.4, -0.2) is 25.1 Å². The number of benzene rings is 1. The molecule has 1 heterocycles. The molecule has 1 aromatic rings. The zero-order chi connectivity index (χ0) is 16.2. The van der Waals surface area contributed by atoms with E-state index in [0.717, 1.165) is 18.9 Å². The number of aryl methyl sites for hydroxylation is 1. The van der Waals surface area contributed by atoms with Crippen molar-refractivity contribution >= 4 is 30.1 Å². The first kappa shape index (κ1) is 19.1. The van der Waals surface area contributed by atoms with Crippen molar-refractivity contribution in [3.8, 4) is 0 Å². The van der Waals surface area contributed by atoms with Crippen molar-refractivity contribution < 1.29 is 18.0 Å². The van der Waals surface area contributed by atoms with Crippen molar-refractivity contribution in [1.29, 1.82) is 0 Å². The number of hydrogen-bond donors (Lipinski definition) is 3. The second kappa shape index (κ2) is 8.05. The first-order valence-electron chi connectivity index (χ1n) is 6.91. The molecule has 0 saturated heterocycles. The lowest BCUT2D eigenvalue weighted by Gasteiger charge is -2.17. The summed E-state index contributed by atoms with van der Waals surface area (Å²) in [5.41, 5.74) is -0.791. The Morgan fingerprint density at radius 1 is 1.26 bits per heavy atom. The normalized spacial score (nSPS) is 14.7. The number of aliphatic imine (C=N–C) groups is 1. The van der Waals surface area contributed by atoms with Gasteiger partial charge < -0.3 is 10.6 Å². The highest BCUT2D eigenvalue weighted by Crippen LogP contribution is 2.36. The van der Waals surface area contributed by atoms with Crippen molar-refractivity contribution in [2.75, 3.05) is 18.4 Å². The Morgan fingerprint density at radius 2 is 2.00 bits per heavy atom. The van der Waals surface area contributed by atoms with Crippen LogP contribution in [0.4, 0.5) is 23.7 Å². The summed E-state index contributed by atoms with van der Waals surface area (Å²) in [5.74, 6) is 0.275. The third kappa shape index (κ3) is 5.31. The minimum Gasteiger partial charge on any atom is -0.356 e. The summed E-state index contributed by atoms with van der Waals surface area (Å²) in [6.07, 6.45) is -2.71. The van der Waals surface area contributed by atoms with Crippen LogP contribution in [0, 0.1) is 6.92 Å². The third-order valence-electron chi connectivity index (χ3n) is 3.20. The Morgan fingerprint density at radius 3 is 2.70 bits per heavy atom. The summed E-state index contributed by atoms with van der Waals surface area (Å²) >= 11 is 0. The van der Waals surface area contributed by atoms with E-state index in [1.165, 1.54) is 19.1 Å². The predicted molar refractivity (Wildman–Crippen MR) is 85.1 cm³/mol. The number of nitrogens with one attached hydrogen (secondary N) is 3. The van der Waals surface area contributed by atoms with E-state index in [1.54, 1.807) is 0 Å². The number of amides is 2. The average Bonchev–Trinajstić information content (AvgIpc) is 2.68. The molecule has 9 heteroatoms. The molecule has 0 atom stereocenters. The Labute approximate surface area is 138 Å². The molecule has 0 saturated carbocycles. The predicted octanol–water partition coefficient (Wildman–Crippen LogP) is 3.30. The van der Waals surface area contributed by atoms with Crippen LogP contribution in [0.15, 0.2) is 23.2 Å². The number of urea groups is 1. The zero-order valence-corrected chi connectivity index (χ0v) is 13.3. The fourth-order valence-electron chi connectivity index (χ4n) is 2.10. The smallest absolute Gasteiger partial charge is 0.356 e. The number of para-hydroxylation sites is 1. The maximum absolute atomic E-state index is 13.0. The number of nitrogens with zero attached hydrogens (tertiary/aromatic N) is 1. The monoisotopic (exact) mass is 350 g/mol. The molecule has 1 aliphatic rings. The van der Waals surface area contributed by atoms with Crippen molar-refractivity contribution in [2.24, 2.45) is 4.99 Å². The number of carbonyl (C=O) groups is 1. The minimum absolute atomic E-state index is 0. The SMILES string of the molecule is Cc1cccc(C(F)(F)F)c1NC(=O)NC1=NCCCCN1.Cl. The summed E-state index contributed by atoms with van der Waals surface area (Å²) in [7, 11) is 0. The Balaban J connectivity index is 0.00000264. The lowest BCUT2D eigenvalue weighted by molar-refractivity contribution is -0.136. The van der Waals surface area contributed by atoms with Gasteiger partial charge in [-0.2, -0.15) is 13.2 Å². The van der Waals surface area contributed by atoms with E-state index in [4.69, 9.17) is 0 Å². The van der Waals surface area contributed by atoms with Gasteiger partial charge in [0.05, 0.1) is 11.3 Å². The number of halogens is 4. The quantitative estimate of drug-likeness (QED) is 0.727. The van der Waals surface area contributed by atoms with Crippen molar-refractivity contribution in [3.63, 3.8) is 0 Å². The highest BCUT2D eigenvalue weighted by molar-refractivity contribution is 6.03. The van der Waals surface area contributed by atoms with Crippen LogP contribution in [0.2, 0.25) is 0 Å². The third-order valence-corrected chi connectivity index (χ3v) is 3.20. The van der Waals surface area contributed by atoms with E-state index >= 15 is 0 Å². The summed E-state index contributed by atoms with van der Waals surface area (Å²) in [5, 5.41) is 7.61. The van der Waals surface area contributed by atoms with Crippen molar-refractivity contribution in [2.45, 2.75) is 25.9 Å². The van der Waals surface area contributed by atoms with E-state index in [2.05, 4.69) is 20.9 Å². The number of anilines is 1. The summed E-state index contributed by atoms with van der Waals surface area (Å²) in [6.45, 7) is 2.74. The molecular formula is C14H18ClF3N4O. The molecular weight excluding hydrogens is 333 g/mol. The second-order valence-corrected chi connectivity index (χ2v) is 4.94. The van der Waals surface area contributed by atoms with Crippen LogP contribution in [-0.2, 0) is 6.18 Å². The summed E-state index contributed by atoms with van der Waals surface area (Å²) < 4.78 is 38.9. The summed E-state index contributed by atoms with van der Waals surface area (Å²) in [4.78, 5) is 16.0. The maximum Gasteiger partial charge on any atom is 0.418 e. The van der Waals surface area contributed by atoms with Gasteiger partial charge >= 0.3 is 12.2 Å². The van der Waals surface area contributed by atoms with Crippen LogP contribution < -0.4 is 16.0 Å². The van der Waals surface area contributed by atoms with Gasteiger partial charge in [-0.25, -0.2) is 4.79 Å². The molecule has 0 bridgehead atoms. The fraction of sp³-hybridized carbons (Fsp3) is 0.429. The molecule has 2 amide bonds. The first-order chi connectivity index (χ1) is 10.4. The first-order valence-corrected chi connectivity index (χ1v) is 6.91. The van der Waals surface area contributed by atoms with E-state index in [1.807, 2.05) is 0 Å². The molecule has 1 aromatic carbocycles. The lowest BCUT2D eigenvalue weighted by Crippen LogP contribution is -2.43. The van der Waals surface area contributed by atoms with E-state index in [9.17, 15) is 18.0 Å². The van der Waals surface area contributed by atoms with Crippen LogP contribution >= 0.6 is 12.4 Å². The Kier molecular flexibility index (Phi) is 6.68. The number of alkyl halides is 3. The van der Waals surface area contributed by atoms with Gasteiger partial charge in [0, 0.05) is 13.1 Å². The van der Waals surface area contributed by atoms with E-state index in [-0.39, 0.29) is 24.1 Å². The fourth-order valence-corrected chi connectivity index (χ4v) is 2.10. The molecule has 0 fully saturated rings. The largest absolute Gasteiger partial charge is 0.418 e. The molecule has 2 rings (SSSR count). The molecule has 0 aromatic heterocycles. The van der Waals surface area contributed by atoms with Gasteiger partial charge in [0.2, 0.25) is 0 Å². The van der Waals surface area contributed by atoms with Gasteiger partial charge in [0.25, 0.3) is 0 Å². The van der Waals surface area contributed by atoms with Gasteiger partial charge in [0.15, 0.2) is 5.96 Å². The van der Waals surface area contributed by atoms with Crippen LogP contribution in [0.3, 0.4) is 0 Å². The van der Waals surface area contributed by atoms with E-state index in [0.29, 0.717) is 18.7 Å². The number of carbonyl (C=O) groups excluding carboxylic acids is 1. The molecule has 0 unspecified atom stereocenters. The number of rotatable bonds is 1. The Bertz CT molecular complexity index is 590. The minimum atomic E-state index is -4.54. The Hall–Kier alpha value is -1.96. The van der Waals surface area contributed by atoms with Gasteiger partial charge in [-0.1, -0.05) is 12.1 Å². The molecule has 0 radical (unpaired) electrons. The van der Waals surface area contributed by atoms with Crippen LogP contribution in [0.5, 0.6) is 0 Å². The van der Waals surface area contributed by atoms with Gasteiger partial charge in [0.1, 0.15) is 0 Å². The maximum atomic E-state index is 13.0. The van der Waals surface area contributed by atoms with Crippen molar-refractivity contribution in [3.05, 3.63) is 29.3 Å². The van der Waals surface area contributed by atoms with Gasteiger partial charge in [-0.3, -0.25) is 10.3 Å². The topological polar surface area (TPSA) is 65.5 Å². The number of hydrogen-bond acceptors (Lipinski definition) is 3. The zero-order valence-electron chi connectivity index (χ0n) is 12.5. The molecule has 0 aliphatic carbocycles. The second-order valence-electron chi connectivity index (χ2n) is 4.94. The highest BCUT2D eigenvalue weighted by Gasteiger charge is 2.34. The number of guanidine groups is 1. The van der Waals surface area contributed by atoms with Gasteiger partial charge in [-0.05, 0) is 31.4 Å². The van der Waals surface area contributed by atoms with Crippen LogP contribution in [0.1, 0.15) is 24.0 Å².